The van der Waals surface area contributed by atoms with E-state index >= 15 is 0 Å². The second-order valence-corrected chi connectivity index (χ2v) is 8.47. The van der Waals surface area contributed by atoms with E-state index in [9.17, 15) is 9.90 Å². The second-order valence-electron chi connectivity index (χ2n) is 8.47. The summed E-state index contributed by atoms with van der Waals surface area (Å²) in [6, 6.07) is 8.94. The first-order valence-electron chi connectivity index (χ1n) is 11.4. The Balaban J connectivity index is 1.49. The molecule has 1 aliphatic carbocycles. The number of hydrogen-bond acceptors (Lipinski definition) is 9. The summed E-state index contributed by atoms with van der Waals surface area (Å²) in [5.74, 6) is 1.08. The van der Waals surface area contributed by atoms with Crippen LogP contribution in [0.15, 0.2) is 53.7 Å². The highest BCUT2D eigenvalue weighted by Crippen LogP contribution is 2.28. The average molecular weight is 477 g/mol. The van der Waals surface area contributed by atoms with Gasteiger partial charge in [-0.2, -0.15) is 9.61 Å². The molecule has 0 aliphatic heterocycles. The number of pyridine rings is 2. The molecule has 1 fully saturated rings. The Morgan fingerprint density at radius 3 is 2.83 bits per heavy atom. The Bertz CT molecular complexity index is 1410. The number of nitrogens with one attached hydrogen (secondary N) is 3. The van der Waals surface area contributed by atoms with Gasteiger partial charge in [0.2, 0.25) is 0 Å². The van der Waals surface area contributed by atoms with Gasteiger partial charge in [0.1, 0.15) is 23.6 Å². The number of nitrogens with zero attached hydrogens (tertiary/aromatic N) is 5. The maximum Gasteiger partial charge on any atom is 0.278 e. The van der Waals surface area contributed by atoms with Gasteiger partial charge in [-0.3, -0.25) is 19.7 Å². The molecule has 11 heteroatoms. The third-order valence-corrected chi connectivity index (χ3v) is 6.38. The monoisotopic (exact) mass is 476 g/mol. The van der Waals surface area contributed by atoms with Gasteiger partial charge in [0.05, 0.1) is 29.2 Å². The topological polar surface area (TPSA) is 131 Å². The normalized spacial score (nSPS) is 18.3. The van der Waals surface area contributed by atoms with Crippen LogP contribution >= 0.6 is 0 Å². The molecule has 11 nitrogen and oxygen atoms in total. The number of anilines is 3. The fourth-order valence-electron chi connectivity index (χ4n) is 4.30. The molecule has 4 aromatic heterocycles. The van der Waals surface area contributed by atoms with Crippen molar-refractivity contribution in [2.24, 2.45) is 0 Å². The molecule has 4 heterocycles. The summed E-state index contributed by atoms with van der Waals surface area (Å²) in [6.07, 6.45) is 5.98. The smallest absolute Gasteiger partial charge is 0.278 e. The molecule has 0 amide bonds. The van der Waals surface area contributed by atoms with E-state index in [0.29, 0.717) is 34.2 Å². The molecular weight excluding hydrogens is 448 g/mol. The Kier molecular flexibility index (Phi) is 6.20. The minimum Gasteiger partial charge on any atom is -0.380 e. The Morgan fingerprint density at radius 2 is 2.11 bits per heavy atom. The maximum atomic E-state index is 13.2. The number of aryl methyl sites for hydroxylation is 1. The van der Waals surface area contributed by atoms with E-state index in [1.54, 1.807) is 66.1 Å². The fraction of sp³-hybridized carbons (Fsp3) is 0.333. The summed E-state index contributed by atoms with van der Waals surface area (Å²) in [7, 11) is 3.44. The number of fused-ring (bicyclic) bond motifs is 1. The van der Waals surface area contributed by atoms with Gasteiger partial charge in [0, 0.05) is 38.7 Å². The van der Waals surface area contributed by atoms with Gasteiger partial charge in [0.25, 0.3) is 5.56 Å². The number of hydrogen-bond donors (Lipinski definition) is 4. The van der Waals surface area contributed by atoms with Gasteiger partial charge in [-0.15, -0.1) is 0 Å². The summed E-state index contributed by atoms with van der Waals surface area (Å²) < 4.78 is 8.58. The Hall–Kier alpha value is -3.80. The molecule has 0 aromatic carbocycles. The van der Waals surface area contributed by atoms with E-state index in [1.165, 1.54) is 0 Å². The quantitative estimate of drug-likeness (QED) is 0.283. The van der Waals surface area contributed by atoms with Crippen molar-refractivity contribution >= 4 is 23.0 Å². The average Bonchev–Trinajstić information content (AvgIpc) is 3.27. The van der Waals surface area contributed by atoms with E-state index in [2.05, 4.69) is 31.0 Å². The van der Waals surface area contributed by atoms with Gasteiger partial charge in [-0.1, -0.05) is 0 Å². The lowest BCUT2D eigenvalue weighted by Gasteiger charge is -2.37. The van der Waals surface area contributed by atoms with Crippen LogP contribution in [0.5, 0.6) is 0 Å². The lowest BCUT2D eigenvalue weighted by Crippen LogP contribution is -2.50. The summed E-state index contributed by atoms with van der Waals surface area (Å²) in [5, 5.41) is 24.7. The van der Waals surface area contributed by atoms with Crippen molar-refractivity contribution in [3.8, 4) is 5.69 Å². The van der Waals surface area contributed by atoms with E-state index in [4.69, 9.17) is 4.74 Å². The first-order valence-corrected chi connectivity index (χ1v) is 11.4. The predicted molar refractivity (Wildman–Crippen MR) is 132 cm³/mol. The maximum absolute atomic E-state index is 13.2. The van der Waals surface area contributed by atoms with Gasteiger partial charge >= 0.3 is 0 Å². The van der Waals surface area contributed by atoms with Crippen molar-refractivity contribution in [2.45, 2.75) is 38.1 Å². The molecule has 1 aliphatic rings. The first-order chi connectivity index (χ1) is 17.0. The van der Waals surface area contributed by atoms with Crippen molar-refractivity contribution in [1.82, 2.24) is 29.5 Å². The van der Waals surface area contributed by atoms with Crippen LogP contribution in [0.3, 0.4) is 0 Å². The summed E-state index contributed by atoms with van der Waals surface area (Å²) in [4.78, 5) is 22.2. The standard InChI is InChI=1S/C24H28N8O3/c1-14-18(7-4-10-26-14)31-11-5-6-17(24(31)34)28-20-12-21(25-2)32-22(30-20)15(13-27-32)23(33)29-16-8-9-19(16)35-3/h4-7,10-13,16,19,23,25,29,33H,8-9H2,1-3H3,(H,28,30)/t16-,19-,23?/m0/s1. The lowest BCUT2D eigenvalue weighted by atomic mass is 9.88. The number of rotatable bonds is 8. The van der Waals surface area contributed by atoms with Gasteiger partial charge in [0.15, 0.2) is 5.65 Å². The summed E-state index contributed by atoms with van der Waals surface area (Å²) in [6.45, 7) is 1.86. The molecule has 35 heavy (non-hydrogen) atoms. The van der Waals surface area contributed by atoms with Gasteiger partial charge < -0.3 is 20.5 Å². The molecule has 1 unspecified atom stereocenters. The van der Waals surface area contributed by atoms with E-state index in [1.807, 2.05) is 13.0 Å². The van der Waals surface area contributed by atoms with Gasteiger partial charge in [-0.25, -0.2) is 4.98 Å². The van der Waals surface area contributed by atoms with Crippen molar-refractivity contribution in [1.29, 1.82) is 0 Å². The zero-order valence-electron chi connectivity index (χ0n) is 19.8. The largest absolute Gasteiger partial charge is 0.380 e. The highest BCUT2D eigenvalue weighted by molar-refractivity contribution is 5.65. The van der Waals surface area contributed by atoms with Crippen LogP contribution < -0.4 is 21.5 Å². The lowest BCUT2D eigenvalue weighted by molar-refractivity contribution is -0.0190. The molecule has 1 saturated carbocycles. The third kappa shape index (κ3) is 4.25. The van der Waals surface area contributed by atoms with E-state index < -0.39 is 6.23 Å². The molecule has 0 bridgehead atoms. The predicted octanol–water partition coefficient (Wildman–Crippen LogP) is 2.13. The highest BCUT2D eigenvalue weighted by atomic mass is 16.5. The van der Waals surface area contributed by atoms with Crippen LogP contribution in [0.2, 0.25) is 0 Å². The van der Waals surface area contributed by atoms with E-state index in [0.717, 1.165) is 18.5 Å². The fourth-order valence-corrected chi connectivity index (χ4v) is 4.30. The third-order valence-electron chi connectivity index (χ3n) is 6.38. The number of methoxy groups -OCH3 is 1. The number of aromatic nitrogens is 5. The minimum absolute atomic E-state index is 0.0637. The zero-order valence-corrected chi connectivity index (χ0v) is 19.8. The second kappa shape index (κ2) is 9.45. The highest BCUT2D eigenvalue weighted by Gasteiger charge is 2.33. The molecule has 182 valence electrons. The first kappa shape index (κ1) is 23.0. The molecule has 5 rings (SSSR count). The summed E-state index contributed by atoms with van der Waals surface area (Å²) >= 11 is 0. The number of aliphatic hydroxyl groups excluding tert-OH is 1. The van der Waals surface area contributed by atoms with Crippen LogP contribution in [0.25, 0.3) is 11.3 Å². The molecular formula is C24H28N8O3. The van der Waals surface area contributed by atoms with Crippen LogP contribution in [0.4, 0.5) is 17.3 Å². The van der Waals surface area contributed by atoms with Crippen LogP contribution in [0.1, 0.15) is 30.3 Å². The van der Waals surface area contributed by atoms with Crippen LogP contribution in [0, 0.1) is 6.92 Å². The van der Waals surface area contributed by atoms with Crippen molar-refractivity contribution < 1.29 is 9.84 Å². The SMILES string of the molecule is CNc1cc(Nc2cccn(-c3cccnc3C)c2=O)nc2c(C(O)N[C@H]3CC[C@@H]3OC)cnn12. The van der Waals surface area contributed by atoms with Crippen molar-refractivity contribution in [2.75, 3.05) is 24.8 Å². The van der Waals surface area contributed by atoms with Crippen molar-refractivity contribution in [3.05, 3.63) is 70.5 Å². The Morgan fingerprint density at radius 1 is 1.26 bits per heavy atom. The van der Waals surface area contributed by atoms with Crippen LogP contribution in [-0.4, -0.2) is 55.6 Å². The molecule has 0 saturated heterocycles. The van der Waals surface area contributed by atoms with E-state index in [-0.39, 0.29) is 17.7 Å². The molecule has 0 spiro atoms. The van der Waals surface area contributed by atoms with Crippen molar-refractivity contribution in [3.63, 3.8) is 0 Å². The number of ether oxygens (including phenoxy) is 1. The molecule has 4 N–H and O–H groups in total. The molecule has 0 radical (unpaired) electrons. The van der Waals surface area contributed by atoms with Crippen LogP contribution in [-0.2, 0) is 4.74 Å². The number of aliphatic hydroxyl groups is 1. The van der Waals surface area contributed by atoms with Gasteiger partial charge in [-0.05, 0) is 44.0 Å². The molecule has 3 atom stereocenters. The molecule has 4 aromatic rings. The zero-order chi connectivity index (χ0) is 24.5. The summed E-state index contributed by atoms with van der Waals surface area (Å²) in [5.41, 5.74) is 2.57. The minimum atomic E-state index is -0.967. The Labute approximate surface area is 201 Å².